The standard InChI is InChI=1S/C27H30F2N2O3/c1-18-13-24(33-2)22(21-7-11-30-25(18)21)15-31-12-10-26(8-9-27(28,29)16-26)14-23(31)19-3-5-20(6-4-19)34-17-32/h3-7,11,13,17,23,30H,8-10,12,14-16H2,1-2H3/t23-,26-/m0/s1. The fourth-order valence-electron chi connectivity index (χ4n) is 6.07. The lowest BCUT2D eigenvalue weighted by Gasteiger charge is -2.45. The Balaban J connectivity index is 1.51. The van der Waals surface area contributed by atoms with Crippen molar-refractivity contribution in [3.63, 3.8) is 0 Å². The lowest BCUT2D eigenvalue weighted by atomic mass is 9.72. The maximum absolute atomic E-state index is 14.3. The first kappa shape index (κ1) is 22.8. The topological polar surface area (TPSA) is 54.6 Å². The number of aromatic amines is 1. The minimum atomic E-state index is -2.58. The Morgan fingerprint density at radius 3 is 2.65 bits per heavy atom. The predicted molar refractivity (Wildman–Crippen MR) is 126 cm³/mol. The van der Waals surface area contributed by atoms with Crippen LogP contribution in [-0.4, -0.2) is 35.9 Å². The van der Waals surface area contributed by atoms with Gasteiger partial charge in [0.05, 0.1) is 7.11 Å². The number of likely N-dealkylation sites (tertiary alicyclic amines) is 1. The van der Waals surface area contributed by atoms with Crippen LogP contribution in [0.3, 0.4) is 0 Å². The van der Waals surface area contributed by atoms with Crippen LogP contribution < -0.4 is 9.47 Å². The van der Waals surface area contributed by atoms with Gasteiger partial charge in [0.15, 0.2) is 0 Å². The second kappa shape index (κ2) is 8.69. The fraction of sp³-hybridized carbons (Fsp3) is 0.444. The SMILES string of the molecule is COc1cc(C)c2[nH]ccc2c1CN1CC[C@@]2(CCC(F)(F)C2)C[C@H]1c1ccc(OC=O)cc1. The zero-order valence-electron chi connectivity index (χ0n) is 19.6. The summed E-state index contributed by atoms with van der Waals surface area (Å²) in [6.07, 6.45) is 3.88. The van der Waals surface area contributed by atoms with Gasteiger partial charge in [-0.05, 0) is 73.5 Å². The Bertz CT molecular complexity index is 1190. The molecule has 0 bridgehead atoms. The van der Waals surface area contributed by atoms with Crippen molar-refractivity contribution in [2.24, 2.45) is 5.41 Å². The van der Waals surface area contributed by atoms with Gasteiger partial charge < -0.3 is 14.5 Å². The number of H-pyrrole nitrogens is 1. The predicted octanol–water partition coefficient (Wildman–Crippen LogP) is 6.16. The van der Waals surface area contributed by atoms with Gasteiger partial charge >= 0.3 is 0 Å². The first-order valence-electron chi connectivity index (χ1n) is 11.8. The fourth-order valence-corrected chi connectivity index (χ4v) is 6.07. The molecule has 1 N–H and O–H groups in total. The Kier molecular flexibility index (Phi) is 5.84. The molecule has 0 unspecified atom stereocenters. The summed E-state index contributed by atoms with van der Waals surface area (Å²) in [5, 5.41) is 1.12. The summed E-state index contributed by atoms with van der Waals surface area (Å²) in [5.41, 5.74) is 4.01. The molecule has 180 valence electrons. The van der Waals surface area contributed by atoms with E-state index in [2.05, 4.69) is 28.9 Å². The van der Waals surface area contributed by atoms with Crippen LogP contribution in [0.2, 0.25) is 0 Å². The highest BCUT2D eigenvalue weighted by Crippen LogP contribution is 2.56. The van der Waals surface area contributed by atoms with Crippen LogP contribution >= 0.6 is 0 Å². The molecule has 5 nitrogen and oxygen atoms in total. The molecule has 7 heteroatoms. The van der Waals surface area contributed by atoms with Gasteiger partial charge in [-0.1, -0.05) is 12.1 Å². The molecule has 1 aliphatic carbocycles. The van der Waals surface area contributed by atoms with Crippen molar-refractivity contribution in [3.05, 3.63) is 59.3 Å². The van der Waals surface area contributed by atoms with Crippen LogP contribution in [0.1, 0.15) is 54.8 Å². The molecule has 0 radical (unpaired) electrons. The Hall–Kier alpha value is -2.93. The van der Waals surface area contributed by atoms with E-state index in [1.54, 1.807) is 19.2 Å². The van der Waals surface area contributed by atoms with E-state index in [0.29, 0.717) is 31.6 Å². The number of hydrogen-bond acceptors (Lipinski definition) is 4. The number of hydrogen-bond donors (Lipinski definition) is 1. The van der Waals surface area contributed by atoms with Crippen LogP contribution in [0, 0.1) is 12.3 Å². The zero-order valence-corrected chi connectivity index (χ0v) is 19.6. The molecular formula is C27H30F2N2O3. The van der Waals surface area contributed by atoms with E-state index >= 15 is 0 Å². The highest BCUT2D eigenvalue weighted by atomic mass is 19.3. The second-order valence-electron chi connectivity index (χ2n) is 9.90. The van der Waals surface area contributed by atoms with Crippen molar-refractivity contribution in [3.8, 4) is 11.5 Å². The number of carbonyl (C=O) groups excluding carboxylic acids is 1. The Morgan fingerprint density at radius 1 is 1.18 bits per heavy atom. The number of alkyl halides is 2. The average Bonchev–Trinajstić information content (AvgIpc) is 3.42. The third-order valence-corrected chi connectivity index (χ3v) is 7.79. The number of piperidine rings is 1. The molecule has 1 saturated carbocycles. The minimum Gasteiger partial charge on any atom is -0.496 e. The molecule has 2 aromatic carbocycles. The van der Waals surface area contributed by atoms with Crippen molar-refractivity contribution in [1.29, 1.82) is 0 Å². The monoisotopic (exact) mass is 468 g/mol. The van der Waals surface area contributed by atoms with Crippen LogP contribution in [-0.2, 0) is 11.3 Å². The number of carbonyl (C=O) groups is 1. The number of nitrogens with one attached hydrogen (secondary N) is 1. The summed E-state index contributed by atoms with van der Waals surface area (Å²) in [6, 6.07) is 11.5. The van der Waals surface area contributed by atoms with Gasteiger partial charge in [-0.2, -0.15) is 0 Å². The molecule has 3 aromatic rings. The van der Waals surface area contributed by atoms with Crippen LogP contribution in [0.5, 0.6) is 11.5 Å². The molecule has 1 saturated heterocycles. The molecule has 2 aliphatic rings. The smallest absolute Gasteiger partial charge is 0.298 e. The lowest BCUT2D eigenvalue weighted by Crippen LogP contribution is -2.41. The number of benzene rings is 2. The highest BCUT2D eigenvalue weighted by Gasteiger charge is 2.52. The van der Waals surface area contributed by atoms with E-state index in [1.807, 2.05) is 18.3 Å². The van der Waals surface area contributed by atoms with Gasteiger partial charge in [-0.3, -0.25) is 9.69 Å². The van der Waals surface area contributed by atoms with Gasteiger partial charge in [0, 0.05) is 48.1 Å². The van der Waals surface area contributed by atoms with Gasteiger partial charge in [-0.25, -0.2) is 8.78 Å². The average molecular weight is 469 g/mol. The quantitative estimate of drug-likeness (QED) is 0.440. The van der Waals surface area contributed by atoms with E-state index in [0.717, 1.165) is 46.3 Å². The number of ether oxygens (including phenoxy) is 2. The van der Waals surface area contributed by atoms with Crippen molar-refractivity contribution in [1.82, 2.24) is 9.88 Å². The number of nitrogens with zero attached hydrogens (tertiary/aromatic N) is 1. The van der Waals surface area contributed by atoms with Crippen LogP contribution in [0.15, 0.2) is 42.6 Å². The largest absolute Gasteiger partial charge is 0.496 e. The van der Waals surface area contributed by atoms with Crippen LogP contribution in [0.4, 0.5) is 8.78 Å². The molecule has 2 heterocycles. The highest BCUT2D eigenvalue weighted by molar-refractivity contribution is 5.88. The second-order valence-corrected chi connectivity index (χ2v) is 9.90. The van der Waals surface area contributed by atoms with E-state index < -0.39 is 5.92 Å². The van der Waals surface area contributed by atoms with Gasteiger partial charge in [0.2, 0.25) is 5.92 Å². The number of fused-ring (bicyclic) bond motifs is 1. The van der Waals surface area contributed by atoms with Gasteiger partial charge in [-0.15, -0.1) is 0 Å². The maximum Gasteiger partial charge on any atom is 0.298 e. The van der Waals surface area contributed by atoms with Gasteiger partial charge in [0.25, 0.3) is 6.47 Å². The molecule has 1 spiro atoms. The lowest BCUT2D eigenvalue weighted by molar-refractivity contribution is -0.120. The molecule has 1 aliphatic heterocycles. The molecule has 34 heavy (non-hydrogen) atoms. The van der Waals surface area contributed by atoms with Crippen molar-refractivity contribution in [2.45, 2.75) is 57.5 Å². The third-order valence-electron chi connectivity index (χ3n) is 7.79. The van der Waals surface area contributed by atoms with Gasteiger partial charge in [0.1, 0.15) is 11.5 Å². The van der Waals surface area contributed by atoms with Crippen LogP contribution in [0.25, 0.3) is 10.9 Å². The molecule has 1 aromatic heterocycles. The molecular weight excluding hydrogens is 438 g/mol. The third kappa shape index (κ3) is 4.17. The first-order valence-corrected chi connectivity index (χ1v) is 11.8. The summed E-state index contributed by atoms with van der Waals surface area (Å²) in [5.74, 6) is -1.27. The number of rotatable bonds is 6. The normalized spacial score (nSPS) is 24.5. The summed E-state index contributed by atoms with van der Waals surface area (Å²) >= 11 is 0. The Labute approximate surface area is 198 Å². The number of aryl methyl sites for hydroxylation is 1. The van der Waals surface area contributed by atoms with Crippen molar-refractivity contribution in [2.75, 3.05) is 13.7 Å². The summed E-state index contributed by atoms with van der Waals surface area (Å²) in [4.78, 5) is 16.4. The summed E-state index contributed by atoms with van der Waals surface area (Å²) in [6.45, 7) is 3.85. The number of aromatic nitrogens is 1. The number of halogens is 2. The molecule has 5 rings (SSSR count). The van der Waals surface area contributed by atoms with E-state index in [9.17, 15) is 13.6 Å². The summed E-state index contributed by atoms with van der Waals surface area (Å²) in [7, 11) is 1.69. The van der Waals surface area contributed by atoms with E-state index in [4.69, 9.17) is 9.47 Å². The molecule has 0 amide bonds. The van der Waals surface area contributed by atoms with Crippen molar-refractivity contribution >= 4 is 17.4 Å². The number of methoxy groups -OCH3 is 1. The molecule has 2 fully saturated rings. The minimum absolute atomic E-state index is 0.0204. The zero-order chi connectivity index (χ0) is 23.9. The van der Waals surface area contributed by atoms with Crippen molar-refractivity contribution < 1.29 is 23.0 Å². The maximum atomic E-state index is 14.3. The van der Waals surface area contributed by atoms with E-state index in [-0.39, 0.29) is 24.3 Å². The summed E-state index contributed by atoms with van der Waals surface area (Å²) < 4.78 is 39.3. The molecule has 2 atom stereocenters. The van der Waals surface area contributed by atoms with E-state index in [1.165, 1.54) is 0 Å². The Morgan fingerprint density at radius 2 is 1.97 bits per heavy atom. The first-order chi connectivity index (χ1) is 16.3.